The molecule has 1 atom stereocenters. The van der Waals surface area contributed by atoms with E-state index in [0.717, 1.165) is 18.7 Å². The molecule has 2 aromatic rings. The van der Waals surface area contributed by atoms with Crippen LogP contribution in [0.15, 0.2) is 41.4 Å². The number of anilines is 1. The maximum Gasteiger partial charge on any atom is 0.0815 e. The molecule has 0 spiro atoms. The third-order valence-electron chi connectivity index (χ3n) is 3.27. The van der Waals surface area contributed by atoms with Crippen LogP contribution in [0, 0.1) is 0 Å². The molecule has 2 rings (SSSR count). The lowest BCUT2D eigenvalue weighted by molar-refractivity contribution is 0.474. The molecule has 4 heteroatoms. The first-order valence-corrected chi connectivity index (χ1v) is 7.88. The van der Waals surface area contributed by atoms with E-state index in [1.165, 1.54) is 10.6 Å². The van der Waals surface area contributed by atoms with E-state index < -0.39 is 0 Å². The lowest BCUT2D eigenvalue weighted by Gasteiger charge is -2.10. The third-order valence-corrected chi connectivity index (χ3v) is 4.07. The molecule has 0 aliphatic carbocycles. The van der Waals surface area contributed by atoms with E-state index in [2.05, 4.69) is 67.0 Å². The summed E-state index contributed by atoms with van der Waals surface area (Å²) >= 11 is 1.76. The molecule has 0 saturated heterocycles. The number of hydrogen-bond acceptors (Lipinski definition) is 3. The van der Waals surface area contributed by atoms with Gasteiger partial charge < -0.3 is 5.32 Å². The molecule has 19 heavy (non-hydrogen) atoms. The van der Waals surface area contributed by atoms with Crippen molar-refractivity contribution in [2.45, 2.75) is 37.8 Å². The fourth-order valence-corrected chi connectivity index (χ4v) is 2.46. The van der Waals surface area contributed by atoms with Crippen LogP contribution in [0.4, 0.5) is 5.69 Å². The van der Waals surface area contributed by atoms with Crippen LogP contribution in [0.1, 0.15) is 32.0 Å². The van der Waals surface area contributed by atoms with Crippen molar-refractivity contribution in [2.75, 3.05) is 11.6 Å². The van der Waals surface area contributed by atoms with E-state index in [0.29, 0.717) is 6.04 Å². The van der Waals surface area contributed by atoms with Gasteiger partial charge in [0, 0.05) is 22.8 Å². The summed E-state index contributed by atoms with van der Waals surface area (Å²) in [4.78, 5) is 1.27. The van der Waals surface area contributed by atoms with Gasteiger partial charge in [-0.1, -0.05) is 19.1 Å². The van der Waals surface area contributed by atoms with Crippen LogP contribution >= 0.6 is 11.8 Å². The first kappa shape index (κ1) is 14.0. The van der Waals surface area contributed by atoms with Crippen molar-refractivity contribution in [2.24, 2.45) is 0 Å². The smallest absolute Gasteiger partial charge is 0.0815 e. The predicted molar refractivity (Wildman–Crippen MR) is 82.8 cm³/mol. The van der Waals surface area contributed by atoms with Gasteiger partial charge in [-0.25, -0.2) is 0 Å². The highest BCUT2D eigenvalue weighted by Gasteiger charge is 2.05. The van der Waals surface area contributed by atoms with Gasteiger partial charge in [-0.15, -0.1) is 11.8 Å². The number of hydrogen-bond donors (Lipinski definition) is 1. The Kier molecular flexibility index (Phi) is 4.91. The van der Waals surface area contributed by atoms with Crippen LogP contribution in [-0.4, -0.2) is 16.0 Å². The van der Waals surface area contributed by atoms with Crippen LogP contribution in [0.5, 0.6) is 0 Å². The molecule has 0 radical (unpaired) electrons. The zero-order chi connectivity index (χ0) is 13.7. The van der Waals surface area contributed by atoms with Crippen molar-refractivity contribution in [3.63, 3.8) is 0 Å². The zero-order valence-electron chi connectivity index (χ0n) is 11.8. The van der Waals surface area contributed by atoms with E-state index in [-0.39, 0.29) is 0 Å². The van der Waals surface area contributed by atoms with Gasteiger partial charge in [0.1, 0.15) is 0 Å². The molecule has 3 nitrogen and oxygen atoms in total. The molecular formula is C15H21N3S. The molecule has 0 aliphatic heterocycles. The minimum Gasteiger partial charge on any atom is -0.378 e. The summed E-state index contributed by atoms with van der Waals surface area (Å²) in [6.07, 6.45) is 5.26. The highest BCUT2D eigenvalue weighted by molar-refractivity contribution is 7.98. The molecule has 0 fully saturated rings. The molecule has 1 N–H and O–H groups in total. The maximum absolute atomic E-state index is 4.60. The van der Waals surface area contributed by atoms with Crippen LogP contribution in [0.2, 0.25) is 0 Å². The Morgan fingerprint density at radius 2 is 2.11 bits per heavy atom. The quantitative estimate of drug-likeness (QED) is 0.802. The molecule has 0 amide bonds. The topological polar surface area (TPSA) is 29.9 Å². The van der Waals surface area contributed by atoms with Crippen molar-refractivity contribution in [1.82, 2.24) is 9.78 Å². The number of para-hydroxylation sites is 1. The second-order valence-electron chi connectivity index (χ2n) is 4.60. The van der Waals surface area contributed by atoms with E-state index in [4.69, 9.17) is 0 Å². The molecule has 1 unspecified atom stereocenters. The normalized spacial score (nSPS) is 12.4. The summed E-state index contributed by atoms with van der Waals surface area (Å²) in [5.41, 5.74) is 2.25. The summed E-state index contributed by atoms with van der Waals surface area (Å²) in [6.45, 7) is 5.13. The average Bonchev–Trinajstić information content (AvgIpc) is 2.93. The van der Waals surface area contributed by atoms with Crippen LogP contribution in [0.25, 0.3) is 0 Å². The van der Waals surface area contributed by atoms with Crippen LogP contribution in [0.3, 0.4) is 0 Å². The lowest BCUT2D eigenvalue weighted by atomic mass is 10.3. The standard InChI is InChI=1S/C15H21N3S/c1-4-12(2)18-10-9-13(17-18)11-16-14-7-5-6-8-15(14)19-3/h5-10,12,16H,4,11H2,1-3H3. The average molecular weight is 275 g/mol. The summed E-state index contributed by atoms with van der Waals surface area (Å²) in [5.74, 6) is 0. The Labute approximate surface area is 119 Å². The maximum atomic E-state index is 4.60. The first-order chi connectivity index (χ1) is 9.24. The molecular weight excluding hydrogens is 254 g/mol. The zero-order valence-corrected chi connectivity index (χ0v) is 12.6. The van der Waals surface area contributed by atoms with Gasteiger partial charge in [0.05, 0.1) is 12.2 Å². The molecule has 0 aliphatic rings. The Hall–Kier alpha value is -1.42. The summed E-state index contributed by atoms with van der Waals surface area (Å²) < 4.78 is 2.04. The molecule has 1 aromatic heterocycles. The van der Waals surface area contributed by atoms with Gasteiger partial charge in [-0.3, -0.25) is 4.68 Å². The van der Waals surface area contributed by atoms with Crippen molar-refractivity contribution in [3.05, 3.63) is 42.2 Å². The summed E-state index contributed by atoms with van der Waals surface area (Å²) in [5, 5.41) is 8.05. The van der Waals surface area contributed by atoms with Gasteiger partial charge in [0.15, 0.2) is 0 Å². The van der Waals surface area contributed by atoms with E-state index in [1.807, 2.05) is 4.68 Å². The SMILES string of the molecule is CCC(C)n1ccc(CNc2ccccc2SC)n1. The van der Waals surface area contributed by atoms with Crippen LogP contribution < -0.4 is 5.32 Å². The van der Waals surface area contributed by atoms with Gasteiger partial charge in [0.25, 0.3) is 0 Å². The summed E-state index contributed by atoms with van der Waals surface area (Å²) in [7, 11) is 0. The monoisotopic (exact) mass is 275 g/mol. The Morgan fingerprint density at radius 3 is 2.84 bits per heavy atom. The number of benzene rings is 1. The second-order valence-corrected chi connectivity index (χ2v) is 5.45. The second kappa shape index (κ2) is 6.66. The van der Waals surface area contributed by atoms with Crippen molar-refractivity contribution >= 4 is 17.4 Å². The highest BCUT2D eigenvalue weighted by atomic mass is 32.2. The molecule has 0 saturated carbocycles. The number of nitrogens with zero attached hydrogens (tertiary/aromatic N) is 2. The van der Waals surface area contributed by atoms with Gasteiger partial charge in [-0.2, -0.15) is 5.10 Å². The number of aromatic nitrogens is 2. The van der Waals surface area contributed by atoms with Gasteiger partial charge in [-0.05, 0) is 37.8 Å². The van der Waals surface area contributed by atoms with Crippen LogP contribution in [-0.2, 0) is 6.54 Å². The van der Waals surface area contributed by atoms with E-state index in [1.54, 1.807) is 11.8 Å². The van der Waals surface area contributed by atoms with Gasteiger partial charge in [0.2, 0.25) is 0 Å². The molecule has 1 heterocycles. The summed E-state index contributed by atoms with van der Waals surface area (Å²) in [6, 6.07) is 10.9. The lowest BCUT2D eigenvalue weighted by Crippen LogP contribution is -2.06. The largest absolute Gasteiger partial charge is 0.378 e. The minimum absolute atomic E-state index is 0.465. The fourth-order valence-electron chi connectivity index (χ4n) is 1.88. The molecule has 1 aromatic carbocycles. The van der Waals surface area contributed by atoms with E-state index >= 15 is 0 Å². The third kappa shape index (κ3) is 3.53. The first-order valence-electron chi connectivity index (χ1n) is 6.65. The number of nitrogens with one attached hydrogen (secondary N) is 1. The van der Waals surface area contributed by atoms with Crippen molar-refractivity contribution in [3.8, 4) is 0 Å². The Balaban J connectivity index is 2.00. The molecule has 0 bridgehead atoms. The predicted octanol–water partition coefficient (Wildman–Crippen LogP) is 4.19. The van der Waals surface area contributed by atoms with Crippen molar-refractivity contribution in [1.29, 1.82) is 0 Å². The Bertz CT molecular complexity index is 522. The minimum atomic E-state index is 0.465. The van der Waals surface area contributed by atoms with Crippen molar-refractivity contribution < 1.29 is 0 Å². The van der Waals surface area contributed by atoms with Gasteiger partial charge >= 0.3 is 0 Å². The van der Waals surface area contributed by atoms with E-state index in [9.17, 15) is 0 Å². The molecule has 102 valence electrons. The fraction of sp³-hybridized carbons (Fsp3) is 0.400. The number of thioether (sulfide) groups is 1. The Morgan fingerprint density at radius 1 is 1.32 bits per heavy atom. The highest BCUT2D eigenvalue weighted by Crippen LogP contribution is 2.24. The number of rotatable bonds is 6.